The summed E-state index contributed by atoms with van der Waals surface area (Å²) in [6.45, 7) is 5.83. The molecule has 0 spiro atoms. The van der Waals surface area contributed by atoms with Crippen LogP contribution in [0.5, 0.6) is 5.75 Å². The van der Waals surface area contributed by atoms with Crippen molar-refractivity contribution in [2.24, 2.45) is 0 Å². The van der Waals surface area contributed by atoms with Gasteiger partial charge in [0.25, 0.3) is 0 Å². The number of anilines is 4. The van der Waals surface area contributed by atoms with Gasteiger partial charge in [0.05, 0.1) is 24.7 Å². The van der Waals surface area contributed by atoms with E-state index in [9.17, 15) is 5.11 Å². The van der Waals surface area contributed by atoms with Crippen molar-refractivity contribution in [3.05, 3.63) is 120 Å². The van der Waals surface area contributed by atoms with Crippen LogP contribution < -0.4 is 15.0 Å². The zero-order valence-corrected chi connectivity index (χ0v) is 22.0. The molecule has 0 saturated carbocycles. The summed E-state index contributed by atoms with van der Waals surface area (Å²) in [6, 6.07) is 25.3. The topological polar surface area (TPSA) is 57.6 Å². The molecular weight excluding hydrogens is 482 g/mol. The van der Waals surface area contributed by atoms with E-state index in [1.807, 2.05) is 92.1 Å². The third-order valence-corrected chi connectivity index (χ3v) is 6.24. The molecule has 2 N–H and O–H groups in total. The van der Waals surface area contributed by atoms with Crippen LogP contribution in [-0.4, -0.2) is 24.2 Å². The first kappa shape index (κ1) is 25.9. The van der Waals surface area contributed by atoms with Gasteiger partial charge in [-0.2, -0.15) is 0 Å². The molecule has 6 heteroatoms. The number of aliphatic hydroxyl groups excluding tert-OH is 1. The summed E-state index contributed by atoms with van der Waals surface area (Å²) in [7, 11) is 3.64. The van der Waals surface area contributed by atoms with Crippen molar-refractivity contribution in [3.8, 4) is 5.75 Å². The number of pyridine rings is 1. The number of aromatic nitrogens is 1. The minimum atomic E-state index is 0.00313. The largest absolute Gasteiger partial charge is 0.508 e. The molecule has 5 nitrogen and oxygen atoms in total. The van der Waals surface area contributed by atoms with Gasteiger partial charge in [-0.1, -0.05) is 31.2 Å². The number of hydrogen-bond acceptors (Lipinski definition) is 5. The Bertz CT molecular complexity index is 1400. The molecule has 188 valence electrons. The molecule has 4 rings (SSSR count). The predicted octanol–water partition coefficient (Wildman–Crippen LogP) is 8.63. The van der Waals surface area contributed by atoms with Gasteiger partial charge in [0.2, 0.25) is 0 Å². The lowest BCUT2D eigenvalue weighted by Gasteiger charge is -2.20. The smallest absolute Gasteiger partial charge is 0.119 e. The molecular formula is C31H30ClN3O2. The van der Waals surface area contributed by atoms with Gasteiger partial charge in [-0.3, -0.25) is 4.98 Å². The van der Waals surface area contributed by atoms with Gasteiger partial charge in [-0.25, -0.2) is 0 Å². The van der Waals surface area contributed by atoms with Gasteiger partial charge in [-0.15, -0.1) is 0 Å². The summed E-state index contributed by atoms with van der Waals surface area (Å²) in [6.07, 6.45) is 4.83. The van der Waals surface area contributed by atoms with Crippen molar-refractivity contribution in [1.29, 1.82) is 0 Å². The Hall–Kier alpha value is -4.22. The molecule has 0 bridgehead atoms. The molecule has 0 amide bonds. The first-order valence-electron chi connectivity index (χ1n) is 12.0. The molecule has 4 aromatic rings. The number of aliphatic hydroxyl groups is 1. The van der Waals surface area contributed by atoms with Crippen molar-refractivity contribution in [2.45, 2.75) is 13.3 Å². The third-order valence-electron chi connectivity index (χ3n) is 5.99. The van der Waals surface area contributed by atoms with Crippen LogP contribution in [0.25, 0.3) is 11.3 Å². The van der Waals surface area contributed by atoms with E-state index < -0.39 is 0 Å². The number of hydrogen-bond donors (Lipinski definition) is 2. The fourth-order valence-electron chi connectivity index (χ4n) is 3.99. The van der Waals surface area contributed by atoms with E-state index >= 15 is 0 Å². The number of nitrogens with zero attached hydrogens (tertiary/aromatic N) is 2. The molecule has 37 heavy (non-hydrogen) atoms. The second-order valence-corrected chi connectivity index (χ2v) is 9.00. The molecule has 3 aromatic carbocycles. The second-order valence-electron chi connectivity index (χ2n) is 8.56. The first-order chi connectivity index (χ1) is 17.9. The monoisotopic (exact) mass is 511 g/mol. The van der Waals surface area contributed by atoms with Gasteiger partial charge >= 0.3 is 0 Å². The number of benzene rings is 3. The molecule has 0 unspecified atom stereocenters. The third kappa shape index (κ3) is 6.32. The maximum Gasteiger partial charge on any atom is 0.119 e. The standard InChI is InChI=1S/C31H30ClN3O2/c1-5-6-30(31-16-13-28(20-33-31)35(3)27-11-7-24(32)8-12-27)23-17-22(21(2)36)18-26(19-23)34-25-9-14-29(37-4)15-10-25/h6-20,34,36H,2,5H2,1,3-4H3/b30-6+. The van der Waals surface area contributed by atoms with Crippen LogP contribution in [-0.2, 0) is 0 Å². The average Bonchev–Trinajstić information content (AvgIpc) is 2.92. The molecule has 0 saturated heterocycles. The predicted molar refractivity (Wildman–Crippen MR) is 156 cm³/mol. The molecule has 0 aliphatic heterocycles. The number of ether oxygens (including phenoxy) is 1. The van der Waals surface area contributed by atoms with Crippen molar-refractivity contribution in [2.75, 3.05) is 24.4 Å². The number of nitrogens with one attached hydrogen (secondary N) is 1. The summed E-state index contributed by atoms with van der Waals surface area (Å²) in [5.41, 5.74) is 7.09. The Balaban J connectivity index is 1.66. The summed E-state index contributed by atoms with van der Waals surface area (Å²) >= 11 is 6.04. The Morgan fingerprint density at radius 2 is 1.65 bits per heavy atom. The van der Waals surface area contributed by atoms with Gasteiger partial charge in [0.1, 0.15) is 11.5 Å². The molecule has 0 atom stereocenters. The number of methoxy groups -OCH3 is 1. The highest BCUT2D eigenvalue weighted by Crippen LogP contribution is 2.32. The van der Waals surface area contributed by atoms with Crippen LogP contribution in [0.1, 0.15) is 30.2 Å². The molecule has 1 heterocycles. The Morgan fingerprint density at radius 3 is 2.24 bits per heavy atom. The van der Waals surface area contributed by atoms with Gasteiger partial charge in [0.15, 0.2) is 0 Å². The lowest BCUT2D eigenvalue weighted by atomic mass is 9.97. The van der Waals surface area contributed by atoms with E-state index in [2.05, 4.69) is 29.8 Å². The Labute approximate surface area is 223 Å². The Kier molecular flexibility index (Phi) is 8.16. The highest BCUT2D eigenvalue weighted by molar-refractivity contribution is 6.30. The van der Waals surface area contributed by atoms with E-state index in [1.54, 1.807) is 7.11 Å². The lowest BCUT2D eigenvalue weighted by molar-refractivity contribution is 0.415. The van der Waals surface area contributed by atoms with Crippen LogP contribution in [0.4, 0.5) is 22.7 Å². The minimum absolute atomic E-state index is 0.00313. The SMILES string of the molecule is C=C(O)c1cc(Nc2ccc(OC)cc2)cc(/C(=C\CC)c2ccc(N(C)c3ccc(Cl)cc3)cn2)c1. The van der Waals surface area contributed by atoms with E-state index in [-0.39, 0.29) is 5.76 Å². The number of rotatable bonds is 9. The summed E-state index contributed by atoms with van der Waals surface area (Å²) in [5, 5.41) is 14.3. The van der Waals surface area contributed by atoms with Crippen molar-refractivity contribution in [1.82, 2.24) is 4.98 Å². The van der Waals surface area contributed by atoms with E-state index in [4.69, 9.17) is 21.3 Å². The van der Waals surface area contributed by atoms with Crippen LogP contribution in [0.2, 0.25) is 5.02 Å². The fourth-order valence-corrected chi connectivity index (χ4v) is 4.12. The van der Waals surface area contributed by atoms with Crippen molar-refractivity contribution >= 4 is 45.7 Å². The Morgan fingerprint density at radius 1 is 0.973 bits per heavy atom. The number of allylic oxidation sites excluding steroid dienone is 1. The van der Waals surface area contributed by atoms with Crippen molar-refractivity contribution < 1.29 is 9.84 Å². The molecule has 0 aliphatic rings. The average molecular weight is 512 g/mol. The maximum absolute atomic E-state index is 10.2. The quantitative estimate of drug-likeness (QED) is 0.220. The van der Waals surface area contributed by atoms with Gasteiger partial charge < -0.3 is 20.1 Å². The van der Waals surface area contributed by atoms with E-state index in [0.29, 0.717) is 10.6 Å². The van der Waals surface area contributed by atoms with Crippen LogP contribution in [0.15, 0.2) is 97.7 Å². The summed E-state index contributed by atoms with van der Waals surface area (Å²) in [4.78, 5) is 6.85. The minimum Gasteiger partial charge on any atom is -0.508 e. The molecule has 1 aromatic heterocycles. The van der Waals surface area contributed by atoms with E-state index in [1.165, 1.54) is 0 Å². The van der Waals surface area contributed by atoms with Crippen LogP contribution in [0, 0.1) is 0 Å². The van der Waals surface area contributed by atoms with Crippen LogP contribution >= 0.6 is 11.6 Å². The number of halogens is 1. The molecule has 0 fully saturated rings. The maximum atomic E-state index is 10.2. The molecule has 0 aliphatic carbocycles. The lowest BCUT2D eigenvalue weighted by Crippen LogP contribution is -2.09. The van der Waals surface area contributed by atoms with Crippen LogP contribution in [0.3, 0.4) is 0 Å². The normalized spacial score (nSPS) is 11.2. The zero-order chi connectivity index (χ0) is 26.4. The van der Waals surface area contributed by atoms with Crippen molar-refractivity contribution in [3.63, 3.8) is 0 Å². The first-order valence-corrected chi connectivity index (χ1v) is 12.4. The summed E-state index contributed by atoms with van der Waals surface area (Å²) < 4.78 is 5.25. The van der Waals surface area contributed by atoms with Gasteiger partial charge in [-0.05, 0) is 90.8 Å². The summed E-state index contributed by atoms with van der Waals surface area (Å²) in [5.74, 6) is 0.788. The highest BCUT2D eigenvalue weighted by Gasteiger charge is 2.12. The van der Waals surface area contributed by atoms with Gasteiger partial charge in [0, 0.05) is 40.3 Å². The second kappa shape index (κ2) is 11.7. The highest BCUT2D eigenvalue weighted by atomic mass is 35.5. The molecule has 0 radical (unpaired) electrons. The zero-order valence-electron chi connectivity index (χ0n) is 21.2. The fraction of sp³-hybridized carbons (Fsp3) is 0.129. The van der Waals surface area contributed by atoms with E-state index in [0.717, 1.165) is 51.8 Å².